The van der Waals surface area contributed by atoms with Crippen LogP contribution in [0.3, 0.4) is 0 Å². The Hall–Kier alpha value is -2.57. The molecule has 6 nitrogen and oxygen atoms in total. The molecule has 0 radical (unpaired) electrons. The summed E-state index contributed by atoms with van der Waals surface area (Å²) < 4.78 is 16.2. The van der Waals surface area contributed by atoms with E-state index in [-0.39, 0.29) is 11.8 Å². The number of ether oxygens (including phenoxy) is 3. The van der Waals surface area contributed by atoms with Gasteiger partial charge in [-0.15, -0.1) is 0 Å². The molecule has 2 aromatic carbocycles. The predicted molar refractivity (Wildman–Crippen MR) is 118 cm³/mol. The molecular weight excluding hydrogens is 380 g/mol. The zero-order valence-corrected chi connectivity index (χ0v) is 18.6. The van der Waals surface area contributed by atoms with Crippen molar-refractivity contribution in [3.05, 3.63) is 53.1 Å². The SMILES string of the molecule is COc1cc(C(=O)C(C)N2CCN(Cc3cccc(C)c3)CC2)cc(OC)c1OC. The lowest BCUT2D eigenvalue weighted by Crippen LogP contribution is -2.51. The Morgan fingerprint density at radius 3 is 2.13 bits per heavy atom. The van der Waals surface area contributed by atoms with Crippen molar-refractivity contribution in [2.45, 2.75) is 26.4 Å². The minimum Gasteiger partial charge on any atom is -0.493 e. The highest BCUT2D eigenvalue weighted by molar-refractivity contribution is 6.01. The third-order valence-corrected chi connectivity index (χ3v) is 5.77. The first-order valence-electron chi connectivity index (χ1n) is 10.3. The highest BCUT2D eigenvalue weighted by atomic mass is 16.5. The van der Waals surface area contributed by atoms with Crippen LogP contribution in [0, 0.1) is 6.92 Å². The van der Waals surface area contributed by atoms with Crippen molar-refractivity contribution in [3.63, 3.8) is 0 Å². The molecule has 1 saturated heterocycles. The maximum Gasteiger partial charge on any atom is 0.203 e. The van der Waals surface area contributed by atoms with Crippen LogP contribution in [0.25, 0.3) is 0 Å². The molecule has 1 atom stereocenters. The van der Waals surface area contributed by atoms with Crippen LogP contribution >= 0.6 is 0 Å². The number of carbonyl (C=O) groups is 1. The predicted octanol–water partition coefficient (Wildman–Crippen LogP) is 3.41. The van der Waals surface area contributed by atoms with Crippen LogP contribution in [0.2, 0.25) is 0 Å². The van der Waals surface area contributed by atoms with Crippen molar-refractivity contribution in [2.75, 3.05) is 47.5 Å². The Kier molecular flexibility index (Phi) is 7.34. The van der Waals surface area contributed by atoms with Crippen molar-refractivity contribution in [3.8, 4) is 17.2 Å². The van der Waals surface area contributed by atoms with E-state index in [1.54, 1.807) is 33.5 Å². The minimum atomic E-state index is -0.214. The van der Waals surface area contributed by atoms with Gasteiger partial charge in [0.15, 0.2) is 17.3 Å². The van der Waals surface area contributed by atoms with Crippen LogP contribution in [0.5, 0.6) is 17.2 Å². The Morgan fingerprint density at radius 2 is 1.60 bits per heavy atom. The third kappa shape index (κ3) is 4.94. The fourth-order valence-corrected chi connectivity index (χ4v) is 4.01. The summed E-state index contributed by atoms with van der Waals surface area (Å²) in [5.74, 6) is 1.54. The van der Waals surface area contributed by atoms with Gasteiger partial charge in [0.2, 0.25) is 5.75 Å². The molecule has 0 aromatic heterocycles. The zero-order valence-electron chi connectivity index (χ0n) is 18.6. The fraction of sp³-hybridized carbons (Fsp3) is 0.458. The van der Waals surface area contributed by atoms with Crippen molar-refractivity contribution in [1.82, 2.24) is 9.80 Å². The lowest BCUT2D eigenvalue weighted by molar-refractivity contribution is 0.0686. The molecule has 2 aromatic rings. The molecule has 0 saturated carbocycles. The number of hydrogen-bond acceptors (Lipinski definition) is 6. The molecule has 1 aliphatic heterocycles. The van der Waals surface area contributed by atoms with E-state index in [4.69, 9.17) is 14.2 Å². The summed E-state index contributed by atoms with van der Waals surface area (Å²) in [5.41, 5.74) is 3.19. The van der Waals surface area contributed by atoms with Crippen molar-refractivity contribution < 1.29 is 19.0 Å². The van der Waals surface area contributed by atoms with Gasteiger partial charge in [-0.2, -0.15) is 0 Å². The van der Waals surface area contributed by atoms with E-state index in [0.717, 1.165) is 32.7 Å². The molecule has 1 aliphatic rings. The molecule has 1 fully saturated rings. The van der Waals surface area contributed by atoms with Crippen molar-refractivity contribution in [2.24, 2.45) is 0 Å². The average Bonchev–Trinajstić information content (AvgIpc) is 2.77. The van der Waals surface area contributed by atoms with E-state index in [2.05, 4.69) is 41.0 Å². The first kappa shape index (κ1) is 22.1. The van der Waals surface area contributed by atoms with Gasteiger partial charge in [0.1, 0.15) is 0 Å². The number of ketones is 1. The molecule has 6 heteroatoms. The number of piperazine rings is 1. The Balaban J connectivity index is 1.64. The van der Waals surface area contributed by atoms with Gasteiger partial charge in [0, 0.05) is 38.3 Å². The number of aryl methyl sites for hydroxylation is 1. The van der Waals surface area contributed by atoms with Crippen LogP contribution in [0.15, 0.2) is 36.4 Å². The Labute approximate surface area is 179 Å². The fourth-order valence-electron chi connectivity index (χ4n) is 4.01. The number of methoxy groups -OCH3 is 3. The summed E-state index contributed by atoms with van der Waals surface area (Å²) in [5, 5.41) is 0. The molecule has 0 amide bonds. The molecule has 1 unspecified atom stereocenters. The van der Waals surface area contributed by atoms with Gasteiger partial charge in [0.25, 0.3) is 0 Å². The van der Waals surface area contributed by atoms with E-state index in [0.29, 0.717) is 22.8 Å². The molecule has 30 heavy (non-hydrogen) atoms. The zero-order chi connectivity index (χ0) is 21.7. The number of hydrogen-bond donors (Lipinski definition) is 0. The second-order valence-electron chi connectivity index (χ2n) is 7.76. The molecule has 0 N–H and O–H groups in total. The van der Waals surface area contributed by atoms with E-state index < -0.39 is 0 Å². The minimum absolute atomic E-state index is 0.0568. The average molecular weight is 413 g/mol. The number of rotatable bonds is 8. The van der Waals surface area contributed by atoms with E-state index in [1.807, 2.05) is 6.92 Å². The number of carbonyl (C=O) groups excluding carboxylic acids is 1. The largest absolute Gasteiger partial charge is 0.493 e. The van der Waals surface area contributed by atoms with Crippen LogP contribution < -0.4 is 14.2 Å². The third-order valence-electron chi connectivity index (χ3n) is 5.77. The number of Topliss-reactive ketones (excluding diaryl/α,β-unsaturated/α-hetero) is 1. The standard InChI is InChI=1S/C24H32N2O4/c1-17-7-6-8-19(13-17)16-25-9-11-26(12-10-25)18(2)23(27)20-14-21(28-3)24(30-5)22(15-20)29-4/h6-8,13-15,18H,9-12,16H2,1-5H3. The van der Waals surface area contributed by atoms with E-state index in [1.165, 1.54) is 11.1 Å². The van der Waals surface area contributed by atoms with E-state index in [9.17, 15) is 4.79 Å². The summed E-state index contributed by atoms with van der Waals surface area (Å²) in [6, 6.07) is 11.9. The topological polar surface area (TPSA) is 51.2 Å². The maximum absolute atomic E-state index is 13.2. The van der Waals surface area contributed by atoms with Crippen LogP contribution in [0.4, 0.5) is 0 Å². The molecule has 1 heterocycles. The second-order valence-corrected chi connectivity index (χ2v) is 7.76. The van der Waals surface area contributed by atoms with Crippen molar-refractivity contribution >= 4 is 5.78 Å². The Morgan fingerprint density at radius 1 is 0.967 bits per heavy atom. The smallest absolute Gasteiger partial charge is 0.203 e. The van der Waals surface area contributed by atoms with Gasteiger partial charge in [-0.05, 0) is 31.5 Å². The summed E-state index contributed by atoms with van der Waals surface area (Å²) in [6.45, 7) is 8.66. The lowest BCUT2D eigenvalue weighted by atomic mass is 10.0. The van der Waals surface area contributed by atoms with E-state index >= 15 is 0 Å². The highest BCUT2D eigenvalue weighted by Crippen LogP contribution is 2.38. The highest BCUT2D eigenvalue weighted by Gasteiger charge is 2.28. The van der Waals surface area contributed by atoms with Crippen LogP contribution in [-0.4, -0.2) is 69.1 Å². The van der Waals surface area contributed by atoms with Crippen LogP contribution in [-0.2, 0) is 6.54 Å². The molecule has 0 aliphatic carbocycles. The van der Waals surface area contributed by atoms with Gasteiger partial charge in [0.05, 0.1) is 27.4 Å². The summed E-state index contributed by atoms with van der Waals surface area (Å²) in [4.78, 5) is 17.9. The normalized spacial score (nSPS) is 16.2. The van der Waals surface area contributed by atoms with Crippen LogP contribution in [0.1, 0.15) is 28.4 Å². The molecule has 3 rings (SSSR count). The molecular formula is C24H32N2O4. The van der Waals surface area contributed by atoms with Gasteiger partial charge in [-0.1, -0.05) is 29.8 Å². The van der Waals surface area contributed by atoms with Gasteiger partial charge < -0.3 is 14.2 Å². The van der Waals surface area contributed by atoms with Gasteiger partial charge >= 0.3 is 0 Å². The quantitative estimate of drug-likeness (QED) is 0.620. The molecule has 162 valence electrons. The summed E-state index contributed by atoms with van der Waals surface area (Å²) in [6.07, 6.45) is 0. The van der Waals surface area contributed by atoms with Crippen molar-refractivity contribution in [1.29, 1.82) is 0 Å². The number of benzene rings is 2. The monoisotopic (exact) mass is 412 g/mol. The van der Waals surface area contributed by atoms with Gasteiger partial charge in [-0.3, -0.25) is 14.6 Å². The first-order valence-corrected chi connectivity index (χ1v) is 10.3. The second kappa shape index (κ2) is 9.96. The van der Waals surface area contributed by atoms with Gasteiger partial charge in [-0.25, -0.2) is 0 Å². The Bertz CT molecular complexity index is 850. The number of nitrogens with zero attached hydrogens (tertiary/aromatic N) is 2. The summed E-state index contributed by atoms with van der Waals surface area (Å²) in [7, 11) is 4.67. The lowest BCUT2D eigenvalue weighted by Gasteiger charge is -2.37. The molecule has 0 bridgehead atoms. The first-order chi connectivity index (χ1) is 14.5. The maximum atomic E-state index is 13.2. The summed E-state index contributed by atoms with van der Waals surface area (Å²) >= 11 is 0. The molecule has 0 spiro atoms.